The Hall–Kier alpha value is -0.160. The molecule has 1 saturated heterocycles. The molecule has 1 fully saturated rings. The van der Waals surface area contributed by atoms with E-state index in [9.17, 15) is 0 Å². The summed E-state index contributed by atoms with van der Waals surface area (Å²) in [6, 6.07) is 0. The van der Waals surface area contributed by atoms with E-state index in [4.69, 9.17) is 10.2 Å². The molecule has 0 radical (unpaired) electrons. The molecular formula is C3H8O4. The van der Waals surface area contributed by atoms with Crippen LogP contribution in [0.3, 0.4) is 0 Å². The van der Waals surface area contributed by atoms with Crippen molar-refractivity contribution in [1.82, 2.24) is 0 Å². The highest BCUT2D eigenvalue weighted by Crippen LogP contribution is 2.28. The van der Waals surface area contributed by atoms with Crippen molar-refractivity contribution >= 4 is 0 Å². The summed E-state index contributed by atoms with van der Waals surface area (Å²) in [7, 11) is 0. The first-order valence-electron chi connectivity index (χ1n) is 1.75. The van der Waals surface area contributed by atoms with Gasteiger partial charge in [-0.05, 0) is 6.92 Å². The highest BCUT2D eigenvalue weighted by atomic mass is 16.9. The molecule has 1 rings (SSSR count). The standard InChI is InChI=1S/C3H6O3.H2O/c1-2-3(4,5)6-2;/h2,4-5H,1H3;1H2. The Morgan fingerprint density at radius 1 is 1.57 bits per heavy atom. The topological polar surface area (TPSA) is 84.5 Å². The molecule has 1 heterocycles. The van der Waals surface area contributed by atoms with Crippen molar-refractivity contribution in [2.45, 2.75) is 19.0 Å². The van der Waals surface area contributed by atoms with Crippen molar-refractivity contribution in [3.8, 4) is 0 Å². The van der Waals surface area contributed by atoms with E-state index in [1.165, 1.54) is 0 Å². The molecule has 0 aliphatic carbocycles. The normalized spacial score (nSPS) is 33.9. The third kappa shape index (κ3) is 1.10. The van der Waals surface area contributed by atoms with E-state index in [-0.39, 0.29) is 5.48 Å². The first kappa shape index (κ1) is 6.84. The van der Waals surface area contributed by atoms with Gasteiger partial charge in [0, 0.05) is 0 Å². The van der Waals surface area contributed by atoms with Crippen molar-refractivity contribution in [1.29, 1.82) is 0 Å². The fraction of sp³-hybridized carbons (Fsp3) is 1.00. The Morgan fingerprint density at radius 3 is 1.71 bits per heavy atom. The van der Waals surface area contributed by atoms with E-state index in [2.05, 4.69) is 4.74 Å². The zero-order valence-electron chi connectivity index (χ0n) is 3.88. The van der Waals surface area contributed by atoms with Crippen LogP contribution in [0.4, 0.5) is 0 Å². The van der Waals surface area contributed by atoms with Gasteiger partial charge >= 0.3 is 5.97 Å². The third-order valence-corrected chi connectivity index (χ3v) is 0.823. The first-order chi connectivity index (χ1) is 2.63. The van der Waals surface area contributed by atoms with Crippen LogP contribution in [0.1, 0.15) is 6.92 Å². The first-order valence-corrected chi connectivity index (χ1v) is 1.75. The maximum atomic E-state index is 8.23. The Bertz CT molecular complexity index is 69.3. The fourth-order valence-electron chi connectivity index (χ4n) is 0.226. The van der Waals surface area contributed by atoms with E-state index >= 15 is 0 Å². The lowest BCUT2D eigenvalue weighted by atomic mass is 10.5. The minimum atomic E-state index is -1.79. The lowest BCUT2D eigenvalue weighted by Crippen LogP contribution is -2.08. The van der Waals surface area contributed by atoms with Crippen LogP contribution in [-0.4, -0.2) is 27.8 Å². The van der Waals surface area contributed by atoms with Gasteiger partial charge < -0.3 is 20.4 Å². The van der Waals surface area contributed by atoms with Gasteiger partial charge in [-0.1, -0.05) is 0 Å². The average molecular weight is 108 g/mol. The lowest BCUT2D eigenvalue weighted by Gasteiger charge is -1.84. The van der Waals surface area contributed by atoms with Crippen molar-refractivity contribution in [2.24, 2.45) is 0 Å². The van der Waals surface area contributed by atoms with Crippen LogP contribution in [0.25, 0.3) is 0 Å². The zero-order valence-corrected chi connectivity index (χ0v) is 3.88. The van der Waals surface area contributed by atoms with Crippen molar-refractivity contribution in [2.75, 3.05) is 0 Å². The molecule has 1 aliphatic rings. The molecule has 4 nitrogen and oxygen atoms in total. The molecular weight excluding hydrogens is 100 g/mol. The molecule has 1 aliphatic heterocycles. The molecule has 44 valence electrons. The molecule has 4 heteroatoms. The van der Waals surface area contributed by atoms with Gasteiger partial charge in [0.15, 0.2) is 0 Å². The third-order valence-electron chi connectivity index (χ3n) is 0.823. The fourth-order valence-corrected chi connectivity index (χ4v) is 0.226. The second-order valence-electron chi connectivity index (χ2n) is 1.42. The Kier molecular flexibility index (Phi) is 1.38. The van der Waals surface area contributed by atoms with E-state index in [1.807, 2.05) is 0 Å². The molecule has 7 heavy (non-hydrogen) atoms. The highest BCUT2D eigenvalue weighted by molar-refractivity contribution is 4.75. The van der Waals surface area contributed by atoms with E-state index in [0.717, 1.165) is 0 Å². The minimum absolute atomic E-state index is 0. The molecule has 0 aromatic heterocycles. The van der Waals surface area contributed by atoms with Gasteiger partial charge in [-0.15, -0.1) is 0 Å². The van der Waals surface area contributed by atoms with Gasteiger partial charge in [-0.3, -0.25) is 0 Å². The summed E-state index contributed by atoms with van der Waals surface area (Å²) < 4.78 is 4.22. The number of aliphatic hydroxyl groups is 2. The van der Waals surface area contributed by atoms with Gasteiger partial charge in [-0.2, -0.15) is 0 Å². The second-order valence-corrected chi connectivity index (χ2v) is 1.42. The van der Waals surface area contributed by atoms with Gasteiger partial charge in [0.05, 0.1) is 0 Å². The quantitative estimate of drug-likeness (QED) is 0.284. The maximum absolute atomic E-state index is 8.23. The maximum Gasteiger partial charge on any atom is 0.306 e. The molecule has 1 unspecified atom stereocenters. The van der Waals surface area contributed by atoms with Crippen molar-refractivity contribution < 1.29 is 20.4 Å². The summed E-state index contributed by atoms with van der Waals surface area (Å²) in [5, 5.41) is 16.5. The molecule has 0 amide bonds. The molecule has 0 bridgehead atoms. The largest absolute Gasteiger partial charge is 0.412 e. The summed E-state index contributed by atoms with van der Waals surface area (Å²) in [4.78, 5) is 0. The number of epoxide rings is 1. The van der Waals surface area contributed by atoms with Gasteiger partial charge in [0.25, 0.3) is 0 Å². The van der Waals surface area contributed by atoms with Gasteiger partial charge in [0.1, 0.15) is 6.10 Å². The van der Waals surface area contributed by atoms with Crippen LogP contribution in [0.2, 0.25) is 0 Å². The van der Waals surface area contributed by atoms with E-state index in [1.54, 1.807) is 6.92 Å². The molecule has 0 aromatic carbocycles. The van der Waals surface area contributed by atoms with Crippen molar-refractivity contribution in [3.05, 3.63) is 0 Å². The van der Waals surface area contributed by atoms with Crippen LogP contribution in [-0.2, 0) is 4.74 Å². The smallest absolute Gasteiger partial charge is 0.306 e. The molecule has 0 aromatic rings. The molecule has 4 N–H and O–H groups in total. The molecule has 1 atom stereocenters. The zero-order chi connectivity index (χ0) is 4.78. The Labute approximate surface area is 40.6 Å². The van der Waals surface area contributed by atoms with Gasteiger partial charge in [0.2, 0.25) is 0 Å². The Balaban J connectivity index is 0.000000360. The molecule has 0 spiro atoms. The van der Waals surface area contributed by atoms with Crippen LogP contribution < -0.4 is 0 Å². The van der Waals surface area contributed by atoms with E-state index in [0.29, 0.717) is 0 Å². The lowest BCUT2D eigenvalue weighted by molar-refractivity contribution is -0.150. The average Bonchev–Trinajstić information content (AvgIpc) is 1.73. The van der Waals surface area contributed by atoms with Crippen molar-refractivity contribution in [3.63, 3.8) is 0 Å². The SMILES string of the molecule is CC1OC1(O)O.O. The predicted molar refractivity (Wildman–Crippen MR) is 21.3 cm³/mol. The summed E-state index contributed by atoms with van der Waals surface area (Å²) in [6.07, 6.45) is -0.391. The Morgan fingerprint density at radius 2 is 1.71 bits per heavy atom. The summed E-state index contributed by atoms with van der Waals surface area (Å²) in [5.74, 6) is -1.79. The van der Waals surface area contributed by atoms with Crippen LogP contribution in [0, 0.1) is 0 Å². The van der Waals surface area contributed by atoms with Crippen LogP contribution >= 0.6 is 0 Å². The number of hydrogen-bond acceptors (Lipinski definition) is 3. The van der Waals surface area contributed by atoms with Crippen LogP contribution in [0.15, 0.2) is 0 Å². The number of ether oxygens (including phenoxy) is 1. The summed E-state index contributed by atoms with van der Waals surface area (Å²) in [5.41, 5.74) is 0. The molecule has 0 saturated carbocycles. The summed E-state index contributed by atoms with van der Waals surface area (Å²) in [6.45, 7) is 1.58. The minimum Gasteiger partial charge on any atom is -0.412 e. The van der Waals surface area contributed by atoms with Gasteiger partial charge in [-0.25, -0.2) is 0 Å². The monoisotopic (exact) mass is 108 g/mol. The van der Waals surface area contributed by atoms with E-state index < -0.39 is 12.1 Å². The highest BCUT2D eigenvalue weighted by Gasteiger charge is 2.50. The number of hydrogen-bond donors (Lipinski definition) is 2. The predicted octanol–water partition coefficient (Wildman–Crippen LogP) is -1.78. The summed E-state index contributed by atoms with van der Waals surface area (Å²) >= 11 is 0. The second kappa shape index (κ2) is 1.41. The van der Waals surface area contributed by atoms with Crippen LogP contribution in [0.5, 0.6) is 0 Å². The number of rotatable bonds is 0.